The van der Waals surface area contributed by atoms with Gasteiger partial charge in [0.2, 0.25) is 11.8 Å². The van der Waals surface area contributed by atoms with Gasteiger partial charge in [-0.1, -0.05) is 30.0 Å². The van der Waals surface area contributed by atoms with Crippen molar-refractivity contribution in [3.63, 3.8) is 0 Å². The van der Waals surface area contributed by atoms with E-state index in [0.717, 1.165) is 61.4 Å². The minimum absolute atomic E-state index is 0.0191. The molecule has 4 rings (SSSR count). The van der Waals surface area contributed by atoms with E-state index in [-0.39, 0.29) is 18.4 Å². The first-order chi connectivity index (χ1) is 14.6. The number of morpholine rings is 1. The quantitative estimate of drug-likeness (QED) is 0.672. The van der Waals surface area contributed by atoms with Crippen molar-refractivity contribution in [3.8, 4) is 5.69 Å². The topological polar surface area (TPSA) is 79.7 Å². The van der Waals surface area contributed by atoms with Crippen LogP contribution >= 0.6 is 11.8 Å². The Bertz CT molecular complexity index is 896. The number of para-hydroxylation sites is 1. The molecule has 160 valence electrons. The molecule has 30 heavy (non-hydrogen) atoms. The van der Waals surface area contributed by atoms with Crippen molar-refractivity contribution in [1.82, 2.24) is 20.0 Å². The number of anilines is 1. The third-order valence-electron chi connectivity index (χ3n) is 5.27. The normalized spacial score (nSPS) is 17.1. The van der Waals surface area contributed by atoms with Gasteiger partial charge in [-0.05, 0) is 32.0 Å². The van der Waals surface area contributed by atoms with Crippen molar-refractivity contribution in [2.75, 3.05) is 56.6 Å². The van der Waals surface area contributed by atoms with Crippen LogP contribution in [0.4, 0.5) is 5.69 Å². The van der Waals surface area contributed by atoms with Crippen LogP contribution < -0.4 is 10.2 Å². The van der Waals surface area contributed by atoms with E-state index in [1.54, 1.807) is 4.90 Å². The molecule has 3 heterocycles. The van der Waals surface area contributed by atoms with Gasteiger partial charge in [0, 0.05) is 19.6 Å². The molecule has 1 aromatic carbocycles. The van der Waals surface area contributed by atoms with Gasteiger partial charge in [0.25, 0.3) is 0 Å². The highest BCUT2D eigenvalue weighted by atomic mass is 32.2. The number of benzene rings is 1. The van der Waals surface area contributed by atoms with Crippen molar-refractivity contribution in [3.05, 3.63) is 36.0 Å². The van der Waals surface area contributed by atoms with Gasteiger partial charge in [-0.2, -0.15) is 5.10 Å². The highest BCUT2D eigenvalue weighted by Crippen LogP contribution is 2.39. The molecule has 2 amide bonds. The van der Waals surface area contributed by atoms with Crippen LogP contribution in [0.3, 0.4) is 0 Å². The minimum atomic E-state index is -0.143. The lowest BCUT2D eigenvalue weighted by atomic mass is 10.3. The van der Waals surface area contributed by atoms with Crippen LogP contribution in [0.5, 0.6) is 0 Å². The lowest BCUT2D eigenvalue weighted by Gasteiger charge is -2.27. The first kappa shape index (κ1) is 20.9. The number of nitrogens with zero attached hydrogens (tertiary/aromatic N) is 4. The van der Waals surface area contributed by atoms with Gasteiger partial charge >= 0.3 is 0 Å². The minimum Gasteiger partial charge on any atom is -0.379 e. The standard InChI is InChI=1S/C21H27N5O3S/c1-16-20-21(26(23-16)17-6-3-2-4-7-17)30-15-19(28)25(20)14-18(27)22-8-5-9-24-10-12-29-13-11-24/h2-4,6-7H,5,8-15H2,1H3,(H,22,27). The molecule has 0 radical (unpaired) electrons. The van der Waals surface area contributed by atoms with E-state index < -0.39 is 0 Å². The van der Waals surface area contributed by atoms with E-state index in [1.165, 1.54) is 11.8 Å². The van der Waals surface area contributed by atoms with Crippen molar-refractivity contribution >= 4 is 29.3 Å². The summed E-state index contributed by atoms with van der Waals surface area (Å²) >= 11 is 1.47. The van der Waals surface area contributed by atoms with Crippen LogP contribution in [-0.4, -0.2) is 78.2 Å². The summed E-state index contributed by atoms with van der Waals surface area (Å²) in [6.45, 7) is 6.89. The highest BCUT2D eigenvalue weighted by molar-refractivity contribution is 8.00. The number of amides is 2. The Labute approximate surface area is 180 Å². The van der Waals surface area contributed by atoms with Gasteiger partial charge in [-0.15, -0.1) is 0 Å². The third-order valence-corrected chi connectivity index (χ3v) is 6.30. The molecule has 2 aromatic rings. The van der Waals surface area contributed by atoms with E-state index in [0.29, 0.717) is 12.3 Å². The van der Waals surface area contributed by atoms with Crippen molar-refractivity contribution in [2.45, 2.75) is 18.4 Å². The summed E-state index contributed by atoms with van der Waals surface area (Å²) < 4.78 is 7.21. The molecule has 0 atom stereocenters. The average Bonchev–Trinajstić information content (AvgIpc) is 3.11. The maximum Gasteiger partial charge on any atom is 0.240 e. The predicted octanol–water partition coefficient (Wildman–Crippen LogP) is 1.46. The summed E-state index contributed by atoms with van der Waals surface area (Å²) in [6, 6.07) is 9.84. The Kier molecular flexibility index (Phi) is 6.71. The zero-order chi connectivity index (χ0) is 20.9. The van der Waals surface area contributed by atoms with Gasteiger partial charge in [0.15, 0.2) is 0 Å². The molecule has 1 fully saturated rings. The summed E-state index contributed by atoms with van der Waals surface area (Å²) in [5, 5.41) is 8.49. The number of nitrogens with one attached hydrogen (secondary N) is 1. The number of hydrogen-bond acceptors (Lipinski definition) is 6. The van der Waals surface area contributed by atoms with Crippen LogP contribution in [0, 0.1) is 6.92 Å². The Morgan fingerprint density at radius 3 is 2.77 bits per heavy atom. The first-order valence-corrected chi connectivity index (χ1v) is 11.3. The van der Waals surface area contributed by atoms with E-state index in [2.05, 4.69) is 15.3 Å². The van der Waals surface area contributed by atoms with Crippen LogP contribution in [0.2, 0.25) is 0 Å². The summed E-state index contributed by atoms with van der Waals surface area (Å²) in [4.78, 5) is 29.0. The van der Waals surface area contributed by atoms with Gasteiger partial charge in [0.05, 0.1) is 36.0 Å². The maximum absolute atomic E-state index is 12.6. The van der Waals surface area contributed by atoms with Gasteiger partial charge in [-0.25, -0.2) is 4.68 Å². The number of rotatable bonds is 7. The first-order valence-electron chi connectivity index (χ1n) is 10.3. The summed E-state index contributed by atoms with van der Waals surface area (Å²) in [6.07, 6.45) is 0.881. The fraction of sp³-hybridized carbons (Fsp3) is 0.476. The maximum atomic E-state index is 12.6. The summed E-state index contributed by atoms with van der Waals surface area (Å²) in [5.74, 6) is 0.0941. The second-order valence-electron chi connectivity index (χ2n) is 7.41. The van der Waals surface area contributed by atoms with E-state index in [9.17, 15) is 9.59 Å². The number of fused-ring (bicyclic) bond motifs is 1. The van der Waals surface area contributed by atoms with Crippen LogP contribution in [0.15, 0.2) is 35.4 Å². The second-order valence-corrected chi connectivity index (χ2v) is 8.38. The molecule has 0 unspecified atom stereocenters. The molecule has 2 aliphatic rings. The van der Waals surface area contributed by atoms with Gasteiger partial charge in [-0.3, -0.25) is 19.4 Å². The fourth-order valence-electron chi connectivity index (χ4n) is 3.74. The molecule has 8 nitrogen and oxygen atoms in total. The van der Waals surface area contributed by atoms with Crippen molar-refractivity contribution < 1.29 is 14.3 Å². The monoisotopic (exact) mass is 429 g/mol. The molecular formula is C21H27N5O3S. The number of aryl methyl sites for hydroxylation is 1. The average molecular weight is 430 g/mol. The fourth-order valence-corrected chi connectivity index (χ4v) is 4.82. The molecular weight excluding hydrogens is 402 g/mol. The zero-order valence-electron chi connectivity index (χ0n) is 17.2. The number of carbonyl (C=O) groups is 2. The molecule has 0 bridgehead atoms. The largest absolute Gasteiger partial charge is 0.379 e. The molecule has 1 aromatic heterocycles. The molecule has 0 saturated carbocycles. The summed E-state index contributed by atoms with van der Waals surface area (Å²) in [5.41, 5.74) is 2.43. The Morgan fingerprint density at radius 2 is 2.00 bits per heavy atom. The zero-order valence-corrected chi connectivity index (χ0v) is 18.0. The Balaban J connectivity index is 1.38. The number of hydrogen-bond donors (Lipinski definition) is 1. The predicted molar refractivity (Wildman–Crippen MR) is 116 cm³/mol. The third kappa shape index (κ3) is 4.69. The number of ether oxygens (including phenoxy) is 1. The van der Waals surface area contributed by atoms with Gasteiger partial charge in [0.1, 0.15) is 11.6 Å². The second kappa shape index (κ2) is 9.63. The Morgan fingerprint density at radius 1 is 1.23 bits per heavy atom. The smallest absolute Gasteiger partial charge is 0.240 e. The van der Waals surface area contributed by atoms with E-state index >= 15 is 0 Å². The van der Waals surface area contributed by atoms with E-state index in [1.807, 2.05) is 41.9 Å². The van der Waals surface area contributed by atoms with Crippen LogP contribution in [-0.2, 0) is 14.3 Å². The number of thioether (sulfide) groups is 1. The molecule has 1 N–H and O–H groups in total. The van der Waals surface area contributed by atoms with Crippen molar-refractivity contribution in [1.29, 1.82) is 0 Å². The van der Waals surface area contributed by atoms with Crippen LogP contribution in [0.25, 0.3) is 5.69 Å². The number of aromatic nitrogens is 2. The Hall–Kier alpha value is -2.36. The van der Waals surface area contributed by atoms with Crippen molar-refractivity contribution in [2.24, 2.45) is 0 Å². The summed E-state index contributed by atoms with van der Waals surface area (Å²) in [7, 11) is 0. The molecule has 9 heteroatoms. The lowest BCUT2D eigenvalue weighted by molar-refractivity contribution is -0.123. The van der Waals surface area contributed by atoms with Crippen LogP contribution in [0.1, 0.15) is 12.1 Å². The molecule has 0 aliphatic carbocycles. The highest BCUT2D eigenvalue weighted by Gasteiger charge is 2.32. The molecule has 1 saturated heterocycles. The SMILES string of the molecule is Cc1nn(-c2ccccc2)c2c1N(CC(=O)NCCCN1CCOCC1)C(=O)CS2. The molecule has 0 spiro atoms. The van der Waals surface area contributed by atoms with E-state index in [4.69, 9.17) is 4.74 Å². The lowest BCUT2D eigenvalue weighted by Crippen LogP contribution is -2.44. The number of carbonyl (C=O) groups excluding carboxylic acids is 2. The van der Waals surface area contributed by atoms with Gasteiger partial charge < -0.3 is 10.1 Å². The molecule has 2 aliphatic heterocycles.